The van der Waals surface area contributed by atoms with E-state index in [0.717, 1.165) is 25.7 Å². The first kappa shape index (κ1) is 45.1. The largest absolute Gasteiger partial charge is 0.394 e. The molecule has 9 heteroatoms. The van der Waals surface area contributed by atoms with Crippen molar-refractivity contribution < 1.29 is 32.2 Å². The summed E-state index contributed by atoms with van der Waals surface area (Å²) in [5, 5.41) is 9.84. The average molecular weight is 650 g/mol. The standard InChI is InChI=1S/C35H69NO3.H2O4S/c1-4-6-8-10-12-14-16-18-20-22-24-26-28-30-34(38)36(32-33(3)37)35(39)31-29-27-25-23-21-19-17-15-13-11-9-7-5-2;1-5(2,3)4/h33,37H,4-32H2,1-3H3;(H2,1,2,3,4). The minimum Gasteiger partial charge on any atom is -0.392 e. The van der Waals surface area contributed by atoms with Crippen LogP contribution in [0.1, 0.15) is 201 Å². The van der Waals surface area contributed by atoms with Crippen LogP contribution in [0.5, 0.6) is 0 Å². The molecule has 8 nitrogen and oxygen atoms in total. The summed E-state index contributed by atoms with van der Waals surface area (Å²) in [5.74, 6) is -0.197. The molecule has 0 saturated heterocycles. The van der Waals surface area contributed by atoms with E-state index in [1.54, 1.807) is 6.92 Å². The second-order valence-corrected chi connectivity index (χ2v) is 13.6. The number of hydrogen-bond acceptors (Lipinski definition) is 5. The van der Waals surface area contributed by atoms with E-state index < -0.39 is 16.5 Å². The minimum atomic E-state index is -4.67. The number of aliphatic hydroxyl groups excluding tert-OH is 1. The van der Waals surface area contributed by atoms with Crippen molar-refractivity contribution in [2.75, 3.05) is 6.54 Å². The Hall–Kier alpha value is -1.03. The molecule has 0 aliphatic heterocycles. The summed E-state index contributed by atoms with van der Waals surface area (Å²) < 4.78 is 31.6. The van der Waals surface area contributed by atoms with Gasteiger partial charge in [-0.05, 0) is 19.8 Å². The fourth-order valence-electron chi connectivity index (χ4n) is 5.46. The van der Waals surface area contributed by atoms with Gasteiger partial charge in [0.1, 0.15) is 0 Å². The van der Waals surface area contributed by atoms with Gasteiger partial charge in [0.25, 0.3) is 0 Å². The summed E-state index contributed by atoms with van der Waals surface area (Å²) in [7, 11) is -4.67. The van der Waals surface area contributed by atoms with Gasteiger partial charge in [-0.3, -0.25) is 23.6 Å². The van der Waals surface area contributed by atoms with Crippen molar-refractivity contribution in [2.45, 2.75) is 207 Å². The molecular weight excluding hydrogens is 578 g/mol. The number of carbonyl (C=O) groups is 2. The van der Waals surface area contributed by atoms with Gasteiger partial charge in [0, 0.05) is 12.8 Å². The van der Waals surface area contributed by atoms with E-state index in [1.807, 2.05) is 0 Å². The van der Waals surface area contributed by atoms with E-state index in [2.05, 4.69) is 13.8 Å². The van der Waals surface area contributed by atoms with E-state index in [1.165, 1.54) is 146 Å². The predicted molar refractivity (Wildman–Crippen MR) is 183 cm³/mol. The van der Waals surface area contributed by atoms with Gasteiger partial charge in [-0.1, -0.05) is 168 Å². The smallest absolute Gasteiger partial charge is 0.392 e. The van der Waals surface area contributed by atoms with Crippen LogP contribution in [0.15, 0.2) is 0 Å². The van der Waals surface area contributed by atoms with Gasteiger partial charge in [-0.2, -0.15) is 8.42 Å². The van der Waals surface area contributed by atoms with Gasteiger partial charge in [-0.15, -0.1) is 0 Å². The third kappa shape index (κ3) is 39.0. The van der Waals surface area contributed by atoms with Crippen molar-refractivity contribution in [3.8, 4) is 0 Å². The highest BCUT2D eigenvalue weighted by atomic mass is 32.3. The molecule has 0 aromatic rings. The number of aliphatic hydroxyl groups is 1. The number of imide groups is 1. The van der Waals surface area contributed by atoms with E-state index in [-0.39, 0.29) is 18.4 Å². The third-order valence-electron chi connectivity index (χ3n) is 8.04. The van der Waals surface area contributed by atoms with E-state index in [4.69, 9.17) is 17.5 Å². The fourth-order valence-corrected chi connectivity index (χ4v) is 5.46. The van der Waals surface area contributed by atoms with Gasteiger partial charge in [-0.25, -0.2) is 0 Å². The normalized spacial score (nSPS) is 12.0. The number of carbonyl (C=O) groups excluding carboxylic acids is 2. The Morgan fingerprint density at radius 2 is 0.705 bits per heavy atom. The molecule has 0 aliphatic carbocycles. The highest BCUT2D eigenvalue weighted by molar-refractivity contribution is 7.79. The number of hydrogen-bond donors (Lipinski definition) is 3. The fraction of sp³-hybridized carbons (Fsp3) is 0.943. The van der Waals surface area contributed by atoms with Crippen LogP contribution in [-0.2, 0) is 20.0 Å². The maximum absolute atomic E-state index is 12.7. The molecule has 0 aliphatic rings. The third-order valence-corrected chi connectivity index (χ3v) is 8.04. The Bertz CT molecular complexity index is 693. The van der Waals surface area contributed by atoms with E-state index >= 15 is 0 Å². The Morgan fingerprint density at radius 1 is 0.500 bits per heavy atom. The zero-order valence-corrected chi connectivity index (χ0v) is 29.7. The van der Waals surface area contributed by atoms with Crippen LogP contribution in [0.3, 0.4) is 0 Å². The summed E-state index contributed by atoms with van der Waals surface area (Å²) in [4.78, 5) is 26.8. The van der Waals surface area contributed by atoms with Crippen molar-refractivity contribution in [3.05, 3.63) is 0 Å². The number of unbranched alkanes of at least 4 members (excludes halogenated alkanes) is 24. The Kier molecular flexibility index (Phi) is 34.2. The summed E-state index contributed by atoms with van der Waals surface area (Å²) in [6.07, 6.45) is 33.4. The number of amides is 2. The van der Waals surface area contributed by atoms with Crippen LogP contribution in [0, 0.1) is 0 Å². The molecule has 0 rings (SSSR count). The highest BCUT2D eigenvalue weighted by Crippen LogP contribution is 2.16. The summed E-state index contributed by atoms with van der Waals surface area (Å²) in [5.41, 5.74) is 0. The minimum absolute atomic E-state index is 0.0985. The van der Waals surface area contributed by atoms with E-state index in [0.29, 0.717) is 12.8 Å². The molecule has 0 fully saturated rings. The van der Waals surface area contributed by atoms with Crippen molar-refractivity contribution in [1.82, 2.24) is 4.90 Å². The first-order chi connectivity index (χ1) is 21.0. The second kappa shape index (κ2) is 33.3. The Balaban J connectivity index is 0. The molecule has 3 N–H and O–H groups in total. The quantitative estimate of drug-likeness (QED) is 0.0521. The van der Waals surface area contributed by atoms with Crippen LogP contribution in [0.2, 0.25) is 0 Å². The second-order valence-electron chi connectivity index (χ2n) is 12.7. The zero-order chi connectivity index (χ0) is 33.3. The molecule has 0 saturated carbocycles. The average Bonchev–Trinajstić information content (AvgIpc) is 2.95. The van der Waals surface area contributed by atoms with Gasteiger partial charge < -0.3 is 5.11 Å². The van der Waals surface area contributed by atoms with Gasteiger partial charge in [0.2, 0.25) is 11.8 Å². The van der Waals surface area contributed by atoms with Crippen LogP contribution in [0.4, 0.5) is 0 Å². The monoisotopic (exact) mass is 649 g/mol. The zero-order valence-electron chi connectivity index (χ0n) is 28.9. The molecule has 264 valence electrons. The lowest BCUT2D eigenvalue weighted by Crippen LogP contribution is -2.41. The molecule has 44 heavy (non-hydrogen) atoms. The summed E-state index contributed by atoms with van der Waals surface area (Å²) in [6.45, 7) is 6.32. The van der Waals surface area contributed by atoms with Crippen LogP contribution < -0.4 is 0 Å². The molecule has 2 amide bonds. The van der Waals surface area contributed by atoms with Crippen LogP contribution in [0.25, 0.3) is 0 Å². The maximum atomic E-state index is 12.7. The lowest BCUT2D eigenvalue weighted by molar-refractivity contribution is -0.146. The van der Waals surface area contributed by atoms with Gasteiger partial charge >= 0.3 is 10.4 Å². The molecule has 1 unspecified atom stereocenters. The van der Waals surface area contributed by atoms with Crippen molar-refractivity contribution in [1.29, 1.82) is 0 Å². The molecule has 0 aromatic carbocycles. The Morgan fingerprint density at radius 3 is 0.909 bits per heavy atom. The lowest BCUT2D eigenvalue weighted by Gasteiger charge is -2.22. The molecule has 0 radical (unpaired) electrons. The molecule has 0 bridgehead atoms. The number of rotatable bonds is 30. The molecular formula is C35H71NO7S. The molecule has 0 spiro atoms. The van der Waals surface area contributed by atoms with E-state index in [9.17, 15) is 14.7 Å². The summed E-state index contributed by atoms with van der Waals surface area (Å²) >= 11 is 0. The summed E-state index contributed by atoms with van der Waals surface area (Å²) in [6, 6.07) is 0. The molecule has 1 atom stereocenters. The molecule has 0 heterocycles. The highest BCUT2D eigenvalue weighted by Gasteiger charge is 2.22. The Labute approximate surface area is 272 Å². The first-order valence-electron chi connectivity index (χ1n) is 18.2. The van der Waals surface area contributed by atoms with Crippen LogP contribution >= 0.6 is 0 Å². The number of nitrogens with zero attached hydrogens (tertiary/aromatic N) is 1. The molecule has 0 aromatic heterocycles. The SMILES string of the molecule is CCCCCCCCCCCCCCCC(=O)N(CC(C)O)C(=O)CCCCCCCCCCCCCCC.O=S(=O)(O)O. The first-order valence-corrected chi connectivity index (χ1v) is 19.6. The van der Waals surface area contributed by atoms with Crippen molar-refractivity contribution >= 4 is 22.2 Å². The maximum Gasteiger partial charge on any atom is 0.394 e. The van der Waals surface area contributed by atoms with Crippen molar-refractivity contribution in [3.63, 3.8) is 0 Å². The van der Waals surface area contributed by atoms with Crippen molar-refractivity contribution in [2.24, 2.45) is 0 Å². The topological polar surface area (TPSA) is 132 Å². The van der Waals surface area contributed by atoms with Gasteiger partial charge in [0.15, 0.2) is 0 Å². The van der Waals surface area contributed by atoms with Crippen LogP contribution in [-0.4, -0.2) is 52.0 Å². The predicted octanol–water partition coefficient (Wildman–Crippen LogP) is 10.0. The lowest BCUT2D eigenvalue weighted by atomic mass is 10.0. The van der Waals surface area contributed by atoms with Gasteiger partial charge in [0.05, 0.1) is 12.6 Å².